The fourth-order valence-corrected chi connectivity index (χ4v) is 0.0645. The summed E-state index contributed by atoms with van der Waals surface area (Å²) in [5.41, 5.74) is 0. The first-order chi connectivity index (χ1) is 3.83. The maximum Gasteiger partial charge on any atom is 0.286 e. The normalized spacial score (nSPS) is 5.75. The lowest BCUT2D eigenvalue weighted by Gasteiger charge is -1.76. The van der Waals surface area contributed by atoms with E-state index in [1.54, 1.807) is 6.92 Å². The fourth-order valence-electron chi connectivity index (χ4n) is 0.0645. The van der Waals surface area contributed by atoms with Crippen molar-refractivity contribution in [3.8, 4) is 6.26 Å². The summed E-state index contributed by atoms with van der Waals surface area (Å²) < 4.78 is 4.14. The van der Waals surface area contributed by atoms with Crippen molar-refractivity contribution >= 4 is 0 Å². The first-order valence-corrected chi connectivity index (χ1v) is 2.84. The summed E-state index contributed by atoms with van der Waals surface area (Å²) in [6, 6.07) is 0. The van der Waals surface area contributed by atoms with E-state index in [1.165, 1.54) is 12.7 Å². The van der Waals surface area contributed by atoms with Crippen LogP contribution in [0.15, 0.2) is 0 Å². The molecule has 0 unspecified atom stereocenters. The van der Waals surface area contributed by atoms with E-state index in [1.807, 2.05) is 0 Å². The van der Waals surface area contributed by atoms with Gasteiger partial charge in [0.05, 0.1) is 6.61 Å². The molecule has 0 aromatic rings. The van der Waals surface area contributed by atoms with Gasteiger partial charge in [-0.05, 0) is 6.92 Å². The lowest BCUT2D eigenvalue weighted by Crippen LogP contribution is -1.73. The van der Waals surface area contributed by atoms with Crippen LogP contribution >= 0.6 is 0 Å². The molecule has 0 radical (unpaired) electrons. The molecule has 0 aliphatic heterocycles. The van der Waals surface area contributed by atoms with E-state index in [4.69, 9.17) is 5.26 Å². The Morgan fingerprint density at radius 3 is 1.75 bits per heavy atom. The maximum absolute atomic E-state index is 7.59. The van der Waals surface area contributed by atoms with Crippen LogP contribution < -0.4 is 0 Å². The minimum atomic E-state index is 0.483. The smallest absolute Gasteiger partial charge is 0.286 e. The Hall–Kier alpha value is -0.710. The van der Waals surface area contributed by atoms with E-state index in [0.29, 0.717) is 6.61 Å². The largest absolute Gasteiger partial charge is 0.428 e. The van der Waals surface area contributed by atoms with Crippen LogP contribution in [0.5, 0.6) is 0 Å². The molecule has 0 N–H and O–H groups in total. The summed E-state index contributed by atoms with van der Waals surface area (Å²) in [6.07, 6.45) is 2.77. The number of hydrogen-bond donors (Lipinski definition) is 0. The highest BCUT2D eigenvalue weighted by Crippen LogP contribution is 1.58. The SMILES string of the molecule is CCC.CCOC#N. The number of rotatable bonds is 1. The zero-order chi connectivity index (χ0) is 6.83. The molecular weight excluding hydrogens is 102 g/mol. The second-order valence-corrected chi connectivity index (χ2v) is 1.23. The molecule has 0 aromatic heterocycles. The predicted molar refractivity (Wildman–Crippen MR) is 33.2 cm³/mol. The Balaban J connectivity index is 0. The molecule has 2 heteroatoms. The zero-order valence-corrected chi connectivity index (χ0v) is 5.77. The van der Waals surface area contributed by atoms with Crippen molar-refractivity contribution in [2.75, 3.05) is 6.61 Å². The van der Waals surface area contributed by atoms with E-state index in [9.17, 15) is 0 Å². The van der Waals surface area contributed by atoms with E-state index >= 15 is 0 Å². The van der Waals surface area contributed by atoms with Gasteiger partial charge in [0.1, 0.15) is 0 Å². The van der Waals surface area contributed by atoms with Crippen molar-refractivity contribution in [3.63, 3.8) is 0 Å². The third-order valence-electron chi connectivity index (χ3n) is 0.209. The maximum atomic E-state index is 7.59. The van der Waals surface area contributed by atoms with Crippen molar-refractivity contribution in [2.45, 2.75) is 27.2 Å². The Kier molecular flexibility index (Phi) is 21.0. The lowest BCUT2D eigenvalue weighted by molar-refractivity contribution is 0.291. The van der Waals surface area contributed by atoms with Gasteiger partial charge in [0, 0.05) is 0 Å². The number of ether oxygens (including phenoxy) is 1. The minimum Gasteiger partial charge on any atom is -0.428 e. The summed E-state index contributed by atoms with van der Waals surface area (Å²) in [7, 11) is 0. The summed E-state index contributed by atoms with van der Waals surface area (Å²) in [5.74, 6) is 0. The van der Waals surface area contributed by atoms with Crippen molar-refractivity contribution < 1.29 is 4.74 Å². The monoisotopic (exact) mass is 115 g/mol. The van der Waals surface area contributed by atoms with Gasteiger partial charge < -0.3 is 4.74 Å². The van der Waals surface area contributed by atoms with Gasteiger partial charge in [-0.15, -0.1) is 0 Å². The first-order valence-electron chi connectivity index (χ1n) is 2.84. The zero-order valence-electron chi connectivity index (χ0n) is 5.77. The number of hydrogen-bond acceptors (Lipinski definition) is 2. The van der Waals surface area contributed by atoms with Gasteiger partial charge in [-0.1, -0.05) is 20.3 Å². The molecule has 0 saturated carbocycles. The van der Waals surface area contributed by atoms with Gasteiger partial charge in [-0.2, -0.15) is 5.26 Å². The van der Waals surface area contributed by atoms with Crippen LogP contribution in [0.1, 0.15) is 27.2 Å². The molecule has 8 heavy (non-hydrogen) atoms. The molecule has 0 saturated heterocycles. The third-order valence-corrected chi connectivity index (χ3v) is 0.209. The number of nitrogens with zero attached hydrogens (tertiary/aromatic N) is 1. The highest BCUT2D eigenvalue weighted by molar-refractivity contribution is 4.42. The molecule has 0 spiro atoms. The van der Waals surface area contributed by atoms with Gasteiger partial charge >= 0.3 is 0 Å². The summed E-state index contributed by atoms with van der Waals surface area (Å²) in [4.78, 5) is 0. The molecule has 0 rings (SSSR count). The van der Waals surface area contributed by atoms with E-state index in [-0.39, 0.29) is 0 Å². The Bertz CT molecular complexity index is 56.0. The van der Waals surface area contributed by atoms with Crippen molar-refractivity contribution in [1.29, 1.82) is 5.26 Å². The van der Waals surface area contributed by atoms with E-state index in [2.05, 4.69) is 18.6 Å². The molecule has 0 amide bonds. The number of nitriles is 1. The second kappa shape index (κ2) is 16.3. The molecule has 48 valence electrons. The van der Waals surface area contributed by atoms with Gasteiger partial charge in [-0.25, -0.2) is 0 Å². The molecule has 2 nitrogen and oxygen atoms in total. The summed E-state index contributed by atoms with van der Waals surface area (Å²) in [5, 5.41) is 7.59. The molecule has 0 aromatic carbocycles. The summed E-state index contributed by atoms with van der Waals surface area (Å²) in [6.45, 7) is 6.50. The van der Waals surface area contributed by atoms with E-state index < -0.39 is 0 Å². The topological polar surface area (TPSA) is 33.0 Å². The lowest BCUT2D eigenvalue weighted by atomic mass is 10.6. The fraction of sp³-hybridized carbons (Fsp3) is 0.833. The molecule has 0 aliphatic carbocycles. The van der Waals surface area contributed by atoms with Crippen molar-refractivity contribution in [1.82, 2.24) is 0 Å². The first kappa shape index (κ1) is 10.3. The van der Waals surface area contributed by atoms with Gasteiger partial charge in [-0.3, -0.25) is 0 Å². The van der Waals surface area contributed by atoms with Gasteiger partial charge in [0.2, 0.25) is 0 Å². The van der Waals surface area contributed by atoms with Crippen LogP contribution in [0.3, 0.4) is 0 Å². The third kappa shape index (κ3) is 58.5. The molecular formula is C6H13NO. The van der Waals surface area contributed by atoms with Crippen LogP contribution in [0.2, 0.25) is 0 Å². The average Bonchev–Trinajstić information content (AvgIpc) is 1.71. The van der Waals surface area contributed by atoms with Crippen LogP contribution in [0.4, 0.5) is 0 Å². The van der Waals surface area contributed by atoms with Gasteiger partial charge in [0.15, 0.2) is 0 Å². The molecule has 0 fully saturated rings. The van der Waals surface area contributed by atoms with Crippen molar-refractivity contribution in [2.24, 2.45) is 0 Å². The molecule has 0 atom stereocenters. The van der Waals surface area contributed by atoms with Crippen LogP contribution in [0.25, 0.3) is 0 Å². The van der Waals surface area contributed by atoms with Crippen LogP contribution in [-0.2, 0) is 4.74 Å². The highest BCUT2D eigenvalue weighted by Gasteiger charge is 1.60. The summed E-state index contributed by atoms with van der Waals surface area (Å²) >= 11 is 0. The highest BCUT2D eigenvalue weighted by atomic mass is 16.5. The predicted octanol–water partition coefficient (Wildman–Crippen LogP) is 1.92. The quantitative estimate of drug-likeness (QED) is 0.489. The molecule has 0 heterocycles. The van der Waals surface area contributed by atoms with E-state index in [0.717, 1.165) is 0 Å². The van der Waals surface area contributed by atoms with Crippen molar-refractivity contribution in [3.05, 3.63) is 0 Å². The van der Waals surface area contributed by atoms with Crippen LogP contribution in [-0.4, -0.2) is 6.61 Å². The Morgan fingerprint density at radius 1 is 1.38 bits per heavy atom. The standard InChI is InChI=1S/C3H5NO.C3H8/c1-2-5-3-4;1-3-2/h2H2,1H3;3H2,1-2H3. The molecule has 0 aliphatic rings. The Labute approximate surface area is 51.1 Å². The molecule has 0 bridgehead atoms. The second-order valence-electron chi connectivity index (χ2n) is 1.23. The van der Waals surface area contributed by atoms with Gasteiger partial charge in [0.25, 0.3) is 6.26 Å². The Morgan fingerprint density at radius 2 is 1.75 bits per heavy atom. The minimum absolute atomic E-state index is 0.483. The van der Waals surface area contributed by atoms with Crippen LogP contribution in [0, 0.1) is 11.5 Å². The average molecular weight is 115 g/mol.